The normalized spacial score (nSPS) is 14.1. The molecule has 0 spiro atoms. The van der Waals surface area contributed by atoms with Gasteiger partial charge in [-0.3, -0.25) is 14.7 Å². The van der Waals surface area contributed by atoms with E-state index >= 15 is 0 Å². The van der Waals surface area contributed by atoms with Gasteiger partial charge in [-0.2, -0.15) is 5.10 Å². The molecule has 0 saturated heterocycles. The average Bonchev–Trinajstić information content (AvgIpc) is 3.33. The molecule has 4 rings (SSSR count). The number of hydrogen-bond acceptors (Lipinski definition) is 8. The molecule has 0 fully saturated rings. The molecule has 1 aliphatic rings. The predicted octanol–water partition coefficient (Wildman–Crippen LogP) is 5.15. The Balaban J connectivity index is 1.69. The van der Waals surface area contributed by atoms with Crippen LogP contribution in [0.5, 0.6) is 11.6 Å². The maximum Gasteiger partial charge on any atom is 0.270 e. The minimum absolute atomic E-state index is 0.00893. The fraction of sp³-hybridized carbons (Fsp3) is 0.0952. The fourth-order valence-corrected chi connectivity index (χ4v) is 4.37. The van der Waals surface area contributed by atoms with Gasteiger partial charge < -0.3 is 9.84 Å². The number of aromatic nitrogens is 1. The number of nitro groups is 1. The van der Waals surface area contributed by atoms with Crippen LogP contribution in [0, 0.1) is 14.1 Å². The summed E-state index contributed by atoms with van der Waals surface area (Å²) in [4.78, 5) is 11.2. The minimum Gasteiger partial charge on any atom is -0.494 e. The molecule has 0 unspecified atom stereocenters. The maximum atomic E-state index is 11.1. The Morgan fingerprint density at radius 1 is 1.29 bits per heavy atom. The second-order valence-corrected chi connectivity index (χ2v) is 8.09. The molecule has 8 nitrogen and oxygen atoms in total. The summed E-state index contributed by atoms with van der Waals surface area (Å²) in [6, 6.07) is 13.4. The molecular weight excluding hydrogens is 436 g/mol. The highest BCUT2D eigenvalue weighted by Crippen LogP contribution is 2.33. The Hall–Kier alpha value is -3.63. The van der Waals surface area contributed by atoms with Crippen LogP contribution >= 0.6 is 23.6 Å². The zero-order valence-corrected chi connectivity index (χ0v) is 17.9. The summed E-state index contributed by atoms with van der Waals surface area (Å²) in [6.45, 7) is 2.47. The average molecular weight is 453 g/mol. The third-order valence-corrected chi connectivity index (χ3v) is 5.77. The van der Waals surface area contributed by atoms with Gasteiger partial charge in [0.25, 0.3) is 5.69 Å². The first-order valence-corrected chi connectivity index (χ1v) is 10.5. The van der Waals surface area contributed by atoms with E-state index in [1.165, 1.54) is 29.7 Å². The SMILES string of the molecule is CCOc1ccc(-n2c(O)c(C=C3C=NN=C3c3cccc([N+](=O)[O-])c3)sc2=S)cc1. The standard InChI is InChI=1S/C21H16N4O4S2/c1-2-29-17-8-6-15(7-9-17)24-20(26)18(31-21(24)30)11-14-12-22-23-19(14)13-4-3-5-16(10-13)25(27)28/h3-12,26H,2H2,1H3. The van der Waals surface area contributed by atoms with Gasteiger partial charge in [-0.25, -0.2) is 0 Å². The minimum atomic E-state index is -0.461. The molecule has 3 aromatic rings. The van der Waals surface area contributed by atoms with Gasteiger partial charge in [-0.1, -0.05) is 12.1 Å². The molecule has 10 heteroatoms. The van der Waals surface area contributed by atoms with Crippen molar-refractivity contribution in [2.24, 2.45) is 10.2 Å². The van der Waals surface area contributed by atoms with Gasteiger partial charge in [-0.15, -0.1) is 16.4 Å². The van der Waals surface area contributed by atoms with E-state index in [2.05, 4.69) is 10.2 Å². The number of thiazole rings is 1. The number of hydrogen-bond donors (Lipinski definition) is 1. The predicted molar refractivity (Wildman–Crippen MR) is 123 cm³/mol. The van der Waals surface area contributed by atoms with Crippen molar-refractivity contribution in [3.8, 4) is 17.3 Å². The lowest BCUT2D eigenvalue weighted by Gasteiger charge is -2.07. The summed E-state index contributed by atoms with van der Waals surface area (Å²) in [5.74, 6) is 0.722. The fourth-order valence-electron chi connectivity index (χ4n) is 3.07. The Labute approximate surface area is 186 Å². The van der Waals surface area contributed by atoms with Gasteiger partial charge in [0.05, 0.1) is 28.3 Å². The van der Waals surface area contributed by atoms with Crippen LogP contribution in [0.2, 0.25) is 0 Å². The van der Waals surface area contributed by atoms with E-state index < -0.39 is 4.92 Å². The highest BCUT2D eigenvalue weighted by molar-refractivity contribution is 7.73. The first-order chi connectivity index (χ1) is 15.0. The zero-order valence-electron chi connectivity index (χ0n) is 16.3. The van der Waals surface area contributed by atoms with E-state index in [4.69, 9.17) is 17.0 Å². The number of benzene rings is 2. The third kappa shape index (κ3) is 4.16. The Morgan fingerprint density at radius 3 is 2.77 bits per heavy atom. The largest absolute Gasteiger partial charge is 0.494 e. The van der Waals surface area contributed by atoms with Crippen LogP contribution in [-0.2, 0) is 0 Å². The molecule has 31 heavy (non-hydrogen) atoms. The van der Waals surface area contributed by atoms with Gasteiger partial charge in [0.1, 0.15) is 11.5 Å². The van der Waals surface area contributed by atoms with Crippen molar-refractivity contribution < 1.29 is 14.8 Å². The summed E-state index contributed by atoms with van der Waals surface area (Å²) >= 11 is 6.70. The molecular formula is C21H16N4O4S2. The van der Waals surface area contributed by atoms with E-state index in [9.17, 15) is 15.2 Å². The molecule has 0 radical (unpaired) electrons. The maximum absolute atomic E-state index is 11.1. The molecule has 0 atom stereocenters. The number of non-ortho nitro benzene ring substituents is 1. The molecule has 1 aromatic heterocycles. The van der Waals surface area contributed by atoms with Crippen LogP contribution < -0.4 is 4.74 Å². The molecule has 0 bridgehead atoms. The van der Waals surface area contributed by atoms with Crippen LogP contribution in [0.25, 0.3) is 11.8 Å². The number of allylic oxidation sites excluding steroid dienone is 1. The molecule has 1 aliphatic heterocycles. The highest BCUT2D eigenvalue weighted by atomic mass is 32.1. The van der Waals surface area contributed by atoms with Crippen LogP contribution in [0.1, 0.15) is 17.4 Å². The van der Waals surface area contributed by atoms with Crippen molar-refractivity contribution in [2.45, 2.75) is 6.92 Å². The van der Waals surface area contributed by atoms with Crippen molar-refractivity contribution in [3.63, 3.8) is 0 Å². The molecule has 2 heterocycles. The molecule has 156 valence electrons. The van der Waals surface area contributed by atoms with Crippen LogP contribution in [0.15, 0.2) is 64.3 Å². The van der Waals surface area contributed by atoms with Crippen molar-refractivity contribution >= 4 is 47.2 Å². The summed E-state index contributed by atoms with van der Waals surface area (Å²) < 4.78 is 7.49. The van der Waals surface area contributed by atoms with Crippen LogP contribution in [0.3, 0.4) is 0 Å². The highest BCUT2D eigenvalue weighted by Gasteiger charge is 2.19. The Bertz CT molecular complexity index is 1300. The number of nitro benzene ring substituents is 1. The first kappa shape index (κ1) is 20.6. The van der Waals surface area contributed by atoms with Crippen molar-refractivity contribution in [2.75, 3.05) is 6.61 Å². The quantitative estimate of drug-likeness (QED) is 0.316. The molecule has 1 N–H and O–H groups in total. The number of aromatic hydroxyl groups is 1. The summed E-state index contributed by atoms with van der Waals surface area (Å²) in [5, 5.41) is 29.9. The topological polar surface area (TPSA) is 102 Å². The molecule has 0 saturated carbocycles. The summed E-state index contributed by atoms with van der Waals surface area (Å²) in [6.07, 6.45) is 3.26. The Kier molecular flexibility index (Phi) is 5.74. The van der Waals surface area contributed by atoms with Gasteiger partial charge in [0, 0.05) is 23.3 Å². The van der Waals surface area contributed by atoms with Crippen molar-refractivity contribution in [3.05, 3.63) is 78.6 Å². The monoisotopic (exact) mass is 452 g/mol. The number of nitrogens with zero attached hydrogens (tertiary/aromatic N) is 4. The first-order valence-electron chi connectivity index (χ1n) is 9.24. The van der Waals surface area contributed by atoms with Gasteiger partial charge in [0.2, 0.25) is 5.88 Å². The van der Waals surface area contributed by atoms with E-state index in [0.717, 1.165) is 5.75 Å². The summed E-state index contributed by atoms with van der Waals surface area (Å²) in [5.41, 5.74) is 2.33. The van der Waals surface area contributed by atoms with E-state index in [0.29, 0.717) is 38.0 Å². The van der Waals surface area contributed by atoms with E-state index in [-0.39, 0.29) is 11.6 Å². The van der Waals surface area contributed by atoms with Gasteiger partial charge in [-0.05, 0) is 49.5 Å². The second-order valence-electron chi connectivity index (χ2n) is 6.42. The smallest absolute Gasteiger partial charge is 0.270 e. The van der Waals surface area contributed by atoms with Gasteiger partial charge in [0.15, 0.2) is 3.95 Å². The van der Waals surface area contributed by atoms with Crippen molar-refractivity contribution in [1.82, 2.24) is 4.57 Å². The van der Waals surface area contributed by atoms with E-state index in [1.54, 1.807) is 22.8 Å². The van der Waals surface area contributed by atoms with Crippen LogP contribution in [0.4, 0.5) is 5.69 Å². The molecule has 2 aromatic carbocycles. The molecule has 0 amide bonds. The summed E-state index contributed by atoms with van der Waals surface area (Å²) in [7, 11) is 0. The zero-order chi connectivity index (χ0) is 22.0. The van der Waals surface area contributed by atoms with Crippen LogP contribution in [-0.4, -0.2) is 33.1 Å². The Morgan fingerprint density at radius 2 is 2.06 bits per heavy atom. The lowest BCUT2D eigenvalue weighted by Crippen LogP contribution is -2.03. The number of rotatable bonds is 6. The van der Waals surface area contributed by atoms with Crippen molar-refractivity contribution in [1.29, 1.82) is 0 Å². The van der Waals surface area contributed by atoms with E-state index in [1.807, 2.05) is 31.2 Å². The number of ether oxygens (including phenoxy) is 1. The lowest BCUT2D eigenvalue weighted by atomic mass is 10.0. The second kappa shape index (κ2) is 8.62. The molecule has 0 aliphatic carbocycles. The van der Waals surface area contributed by atoms with Gasteiger partial charge >= 0.3 is 0 Å². The lowest BCUT2D eigenvalue weighted by molar-refractivity contribution is -0.384. The third-order valence-electron chi connectivity index (χ3n) is 4.46.